The maximum absolute atomic E-state index is 11.9. The molecule has 1 N–H and O–H groups in total. The van der Waals surface area contributed by atoms with Crippen molar-refractivity contribution in [1.82, 2.24) is 9.80 Å². The molecular formula is C18H25N3O6. The number of carboxylic acid groups (broad SMARTS) is 1. The predicted octanol–water partition coefficient (Wildman–Crippen LogP) is 1.75. The Labute approximate surface area is 157 Å². The maximum atomic E-state index is 11.9. The lowest BCUT2D eigenvalue weighted by Gasteiger charge is -2.34. The highest BCUT2D eigenvalue weighted by Gasteiger charge is 2.24. The molecule has 0 bridgehead atoms. The summed E-state index contributed by atoms with van der Waals surface area (Å²) in [6.45, 7) is 8.51. The zero-order valence-corrected chi connectivity index (χ0v) is 15.8. The molecule has 1 aromatic carbocycles. The maximum Gasteiger partial charge on any atom is 0.336 e. The predicted molar refractivity (Wildman–Crippen MR) is 97.6 cm³/mol. The van der Waals surface area contributed by atoms with Crippen LogP contribution >= 0.6 is 0 Å². The number of carbonyl (C=O) groups is 2. The van der Waals surface area contributed by atoms with Crippen molar-refractivity contribution in [2.45, 2.75) is 32.9 Å². The minimum absolute atomic E-state index is 0.0665. The van der Waals surface area contributed by atoms with Gasteiger partial charge in [0, 0.05) is 44.9 Å². The Bertz CT molecular complexity index is 720. The van der Waals surface area contributed by atoms with Crippen LogP contribution in [0.4, 0.5) is 5.69 Å². The Kier molecular flexibility index (Phi) is 6.50. The number of esters is 1. The third-order valence-electron chi connectivity index (χ3n) is 4.16. The summed E-state index contributed by atoms with van der Waals surface area (Å²) in [5.41, 5.74) is -0.165. The Hall–Kier alpha value is -2.52. The van der Waals surface area contributed by atoms with Crippen LogP contribution in [0.15, 0.2) is 18.2 Å². The van der Waals surface area contributed by atoms with Crippen LogP contribution in [0.3, 0.4) is 0 Å². The number of benzene rings is 1. The van der Waals surface area contributed by atoms with E-state index < -0.39 is 16.5 Å². The fraction of sp³-hybridized carbons (Fsp3) is 0.556. The number of non-ortho nitro benzene ring substituents is 1. The number of ether oxygens (including phenoxy) is 1. The van der Waals surface area contributed by atoms with Crippen LogP contribution in [0.25, 0.3) is 0 Å². The van der Waals surface area contributed by atoms with Crippen molar-refractivity contribution in [3.63, 3.8) is 0 Å². The normalized spacial score (nSPS) is 16.1. The summed E-state index contributed by atoms with van der Waals surface area (Å²) in [5.74, 6) is -1.38. The topological polar surface area (TPSA) is 113 Å². The second kappa shape index (κ2) is 8.45. The number of nitro groups is 1. The van der Waals surface area contributed by atoms with Gasteiger partial charge in [-0.25, -0.2) is 4.79 Å². The average molecular weight is 379 g/mol. The summed E-state index contributed by atoms with van der Waals surface area (Å²) in [7, 11) is 0. The summed E-state index contributed by atoms with van der Waals surface area (Å²) in [5, 5.41) is 20.3. The molecule has 0 atom stereocenters. The molecule has 0 aliphatic carbocycles. The first-order valence-electron chi connectivity index (χ1n) is 8.72. The lowest BCUT2D eigenvalue weighted by molar-refractivity contribution is -0.384. The van der Waals surface area contributed by atoms with Crippen LogP contribution in [-0.2, 0) is 16.1 Å². The number of carboxylic acids is 1. The first kappa shape index (κ1) is 20.8. The van der Waals surface area contributed by atoms with Gasteiger partial charge in [-0.2, -0.15) is 0 Å². The highest BCUT2D eigenvalue weighted by atomic mass is 16.6. The molecule has 0 radical (unpaired) electrons. The fourth-order valence-corrected chi connectivity index (χ4v) is 2.94. The molecule has 27 heavy (non-hydrogen) atoms. The van der Waals surface area contributed by atoms with E-state index in [0.29, 0.717) is 38.3 Å². The molecule has 0 saturated carbocycles. The summed E-state index contributed by atoms with van der Waals surface area (Å²) in [6, 6.07) is 3.79. The van der Waals surface area contributed by atoms with Gasteiger partial charge in [0.05, 0.1) is 17.0 Å². The number of aromatic carboxylic acids is 1. The lowest BCUT2D eigenvalue weighted by Crippen LogP contribution is -2.48. The van der Waals surface area contributed by atoms with E-state index in [4.69, 9.17) is 4.74 Å². The molecule has 1 aliphatic rings. The number of hydrogen-bond donors (Lipinski definition) is 1. The number of nitrogens with zero attached hydrogens (tertiary/aromatic N) is 3. The summed E-state index contributed by atoms with van der Waals surface area (Å²) in [6.07, 6.45) is 0. The van der Waals surface area contributed by atoms with Gasteiger partial charge < -0.3 is 9.84 Å². The molecule has 0 unspecified atom stereocenters. The molecule has 0 amide bonds. The highest BCUT2D eigenvalue weighted by molar-refractivity contribution is 5.89. The van der Waals surface area contributed by atoms with Gasteiger partial charge in [-0.05, 0) is 32.4 Å². The van der Waals surface area contributed by atoms with Crippen LogP contribution in [0.5, 0.6) is 0 Å². The molecule has 1 fully saturated rings. The minimum Gasteiger partial charge on any atom is -0.478 e. The highest BCUT2D eigenvalue weighted by Crippen LogP contribution is 2.20. The van der Waals surface area contributed by atoms with Crippen molar-refractivity contribution in [2.24, 2.45) is 0 Å². The number of hydrogen-bond acceptors (Lipinski definition) is 7. The number of piperazine rings is 1. The molecule has 0 aromatic heterocycles. The molecule has 1 aliphatic heterocycles. The molecule has 1 aromatic rings. The zero-order valence-electron chi connectivity index (χ0n) is 15.8. The van der Waals surface area contributed by atoms with Gasteiger partial charge in [0.2, 0.25) is 0 Å². The van der Waals surface area contributed by atoms with Crippen molar-refractivity contribution in [3.8, 4) is 0 Å². The van der Waals surface area contributed by atoms with E-state index >= 15 is 0 Å². The monoisotopic (exact) mass is 379 g/mol. The second-order valence-electron chi connectivity index (χ2n) is 7.54. The SMILES string of the molecule is CC(C)(C)OC(=O)CN1CCN(Cc2cc([N+](=O)[O-])ccc2C(=O)O)CC1. The Morgan fingerprint density at radius 2 is 1.78 bits per heavy atom. The molecule has 2 rings (SSSR count). The lowest BCUT2D eigenvalue weighted by atomic mass is 10.1. The molecular weight excluding hydrogens is 354 g/mol. The Morgan fingerprint density at radius 3 is 2.30 bits per heavy atom. The van der Waals surface area contributed by atoms with Gasteiger partial charge in [-0.1, -0.05) is 0 Å². The fourth-order valence-electron chi connectivity index (χ4n) is 2.94. The molecule has 148 valence electrons. The van der Waals surface area contributed by atoms with Gasteiger partial charge >= 0.3 is 11.9 Å². The number of carbonyl (C=O) groups excluding carboxylic acids is 1. The average Bonchev–Trinajstić information content (AvgIpc) is 2.54. The summed E-state index contributed by atoms with van der Waals surface area (Å²) >= 11 is 0. The summed E-state index contributed by atoms with van der Waals surface area (Å²) < 4.78 is 5.32. The van der Waals surface area contributed by atoms with Gasteiger partial charge in [-0.3, -0.25) is 24.7 Å². The van der Waals surface area contributed by atoms with Gasteiger partial charge in [0.1, 0.15) is 5.60 Å². The third kappa shape index (κ3) is 6.30. The van der Waals surface area contributed by atoms with Gasteiger partial charge in [-0.15, -0.1) is 0 Å². The number of rotatable bonds is 6. The van der Waals surface area contributed by atoms with Crippen molar-refractivity contribution < 1.29 is 24.4 Å². The van der Waals surface area contributed by atoms with Crippen molar-refractivity contribution >= 4 is 17.6 Å². The zero-order chi connectivity index (χ0) is 20.2. The minimum atomic E-state index is -1.11. The molecule has 1 saturated heterocycles. The van der Waals surface area contributed by atoms with Crippen LogP contribution in [0, 0.1) is 10.1 Å². The van der Waals surface area contributed by atoms with E-state index in [9.17, 15) is 24.8 Å². The van der Waals surface area contributed by atoms with E-state index in [0.717, 1.165) is 0 Å². The van der Waals surface area contributed by atoms with Gasteiger partial charge in [0.15, 0.2) is 0 Å². The second-order valence-corrected chi connectivity index (χ2v) is 7.54. The summed E-state index contributed by atoms with van der Waals surface area (Å²) in [4.78, 5) is 37.7. The van der Waals surface area contributed by atoms with Crippen LogP contribution < -0.4 is 0 Å². The quantitative estimate of drug-likeness (QED) is 0.452. The standard InChI is InChI=1S/C18H25N3O6/c1-18(2,3)27-16(22)12-20-8-6-19(7-9-20)11-13-10-14(21(25)26)4-5-15(13)17(23)24/h4-5,10H,6-9,11-12H2,1-3H3,(H,23,24). The Balaban J connectivity index is 1.95. The van der Waals surface area contributed by atoms with Crippen LogP contribution in [0.1, 0.15) is 36.7 Å². The van der Waals surface area contributed by atoms with Crippen molar-refractivity contribution in [2.75, 3.05) is 32.7 Å². The van der Waals surface area contributed by atoms with Crippen molar-refractivity contribution in [1.29, 1.82) is 0 Å². The van der Waals surface area contributed by atoms with Gasteiger partial charge in [0.25, 0.3) is 5.69 Å². The largest absolute Gasteiger partial charge is 0.478 e. The molecule has 9 nitrogen and oxygen atoms in total. The molecule has 1 heterocycles. The third-order valence-corrected chi connectivity index (χ3v) is 4.16. The first-order chi connectivity index (χ1) is 12.5. The number of nitro benzene ring substituents is 1. The van der Waals surface area contributed by atoms with E-state index in [2.05, 4.69) is 0 Å². The van der Waals surface area contributed by atoms with E-state index in [1.54, 1.807) is 0 Å². The van der Waals surface area contributed by atoms with E-state index in [1.807, 2.05) is 30.6 Å². The van der Waals surface area contributed by atoms with E-state index in [-0.39, 0.29) is 23.8 Å². The van der Waals surface area contributed by atoms with E-state index in [1.165, 1.54) is 18.2 Å². The first-order valence-corrected chi connectivity index (χ1v) is 8.72. The van der Waals surface area contributed by atoms with Crippen molar-refractivity contribution in [3.05, 3.63) is 39.4 Å². The molecule has 0 spiro atoms. The molecule has 9 heteroatoms. The Morgan fingerprint density at radius 1 is 1.19 bits per heavy atom. The van der Waals surface area contributed by atoms with Crippen LogP contribution in [-0.4, -0.2) is 70.1 Å². The smallest absolute Gasteiger partial charge is 0.336 e. The van der Waals surface area contributed by atoms with Crippen LogP contribution in [0.2, 0.25) is 0 Å².